The molecule has 1 unspecified atom stereocenters. The maximum absolute atomic E-state index is 10.6. The average molecular weight is 258 g/mol. The van der Waals surface area contributed by atoms with Crippen LogP contribution in [-0.2, 0) is 11.3 Å². The minimum Gasteiger partial charge on any atom is -0.496 e. The van der Waals surface area contributed by atoms with Crippen molar-refractivity contribution in [2.45, 2.75) is 11.9 Å². The van der Waals surface area contributed by atoms with Crippen LogP contribution in [0.25, 0.3) is 0 Å². The molecule has 17 heavy (non-hydrogen) atoms. The molecule has 1 atom stereocenters. The van der Waals surface area contributed by atoms with Crippen molar-refractivity contribution < 1.29 is 14.6 Å². The van der Waals surface area contributed by atoms with Gasteiger partial charge in [-0.1, -0.05) is 18.2 Å². The Bertz CT molecular complexity index is 384. The Morgan fingerprint density at radius 1 is 1.53 bits per heavy atom. The van der Waals surface area contributed by atoms with Gasteiger partial charge in [0.05, 0.1) is 7.11 Å². The standard InChI is InChI=1S/C12H16ClNO3/c1-14(8-10(13)12(15)16)7-9-5-3-4-6-11(9)17-2/h3-6,10H,7-8H2,1-2H3,(H,15,16). The molecule has 0 radical (unpaired) electrons. The van der Waals surface area contributed by atoms with Gasteiger partial charge >= 0.3 is 5.97 Å². The second-order valence-corrected chi connectivity index (χ2v) is 4.34. The first-order valence-electron chi connectivity index (χ1n) is 5.22. The topological polar surface area (TPSA) is 49.8 Å². The number of carboxylic acids is 1. The third kappa shape index (κ3) is 4.24. The van der Waals surface area contributed by atoms with Crippen molar-refractivity contribution in [3.05, 3.63) is 29.8 Å². The van der Waals surface area contributed by atoms with Gasteiger partial charge in [0.25, 0.3) is 0 Å². The van der Waals surface area contributed by atoms with E-state index >= 15 is 0 Å². The third-order valence-corrected chi connectivity index (χ3v) is 2.70. The number of nitrogens with zero attached hydrogens (tertiary/aromatic N) is 1. The minimum absolute atomic E-state index is 0.287. The van der Waals surface area contributed by atoms with Crippen LogP contribution in [0.3, 0.4) is 0 Å². The number of alkyl halides is 1. The van der Waals surface area contributed by atoms with Gasteiger partial charge in [-0.2, -0.15) is 0 Å². The Balaban J connectivity index is 2.61. The summed E-state index contributed by atoms with van der Waals surface area (Å²) in [6, 6.07) is 7.63. The summed E-state index contributed by atoms with van der Waals surface area (Å²) in [7, 11) is 3.44. The molecule has 0 aliphatic carbocycles. The predicted molar refractivity (Wildman–Crippen MR) is 66.6 cm³/mol. The molecule has 1 aromatic rings. The van der Waals surface area contributed by atoms with E-state index in [-0.39, 0.29) is 6.54 Å². The van der Waals surface area contributed by atoms with E-state index in [0.29, 0.717) is 6.54 Å². The van der Waals surface area contributed by atoms with E-state index in [0.717, 1.165) is 11.3 Å². The molecule has 0 saturated carbocycles. The van der Waals surface area contributed by atoms with Crippen LogP contribution in [0.5, 0.6) is 5.75 Å². The SMILES string of the molecule is COc1ccccc1CN(C)CC(Cl)C(=O)O. The number of hydrogen-bond donors (Lipinski definition) is 1. The first kappa shape index (κ1) is 13.8. The van der Waals surface area contributed by atoms with Crippen LogP contribution in [0.15, 0.2) is 24.3 Å². The molecule has 0 amide bonds. The van der Waals surface area contributed by atoms with Gasteiger partial charge in [0.1, 0.15) is 11.1 Å². The highest BCUT2D eigenvalue weighted by Gasteiger charge is 2.16. The van der Waals surface area contributed by atoms with Gasteiger partial charge in [-0.05, 0) is 13.1 Å². The van der Waals surface area contributed by atoms with Crippen molar-refractivity contribution in [1.82, 2.24) is 4.90 Å². The van der Waals surface area contributed by atoms with Crippen molar-refractivity contribution in [3.63, 3.8) is 0 Å². The first-order valence-corrected chi connectivity index (χ1v) is 5.65. The number of methoxy groups -OCH3 is 1. The zero-order valence-corrected chi connectivity index (χ0v) is 10.6. The van der Waals surface area contributed by atoms with Crippen molar-refractivity contribution in [3.8, 4) is 5.75 Å². The smallest absolute Gasteiger partial charge is 0.322 e. The van der Waals surface area contributed by atoms with Crippen molar-refractivity contribution in [2.24, 2.45) is 0 Å². The molecule has 0 heterocycles. The van der Waals surface area contributed by atoms with Crippen LogP contribution >= 0.6 is 11.6 Å². The van der Waals surface area contributed by atoms with E-state index < -0.39 is 11.3 Å². The highest BCUT2D eigenvalue weighted by atomic mass is 35.5. The number of ether oxygens (including phenoxy) is 1. The van der Waals surface area contributed by atoms with Crippen LogP contribution in [-0.4, -0.2) is 42.1 Å². The number of carbonyl (C=O) groups is 1. The summed E-state index contributed by atoms with van der Waals surface area (Å²) in [5.74, 6) is -0.209. The Labute approximate surface area is 106 Å². The maximum atomic E-state index is 10.6. The second kappa shape index (κ2) is 6.47. The monoisotopic (exact) mass is 257 g/mol. The molecule has 0 spiro atoms. The van der Waals surface area contributed by atoms with Crippen LogP contribution in [0.4, 0.5) is 0 Å². The summed E-state index contributed by atoms with van der Waals surface area (Å²) in [5.41, 5.74) is 1.01. The largest absolute Gasteiger partial charge is 0.496 e. The van der Waals surface area contributed by atoms with E-state index in [1.54, 1.807) is 7.11 Å². The zero-order valence-electron chi connectivity index (χ0n) is 9.89. The number of para-hydroxylation sites is 1. The Kier molecular flexibility index (Phi) is 5.25. The highest BCUT2D eigenvalue weighted by molar-refractivity contribution is 6.29. The lowest BCUT2D eigenvalue weighted by Gasteiger charge is -2.19. The Hall–Kier alpha value is -1.26. The van der Waals surface area contributed by atoms with E-state index in [1.165, 1.54) is 0 Å². The molecule has 0 aromatic heterocycles. The summed E-state index contributed by atoms with van der Waals surface area (Å²) < 4.78 is 5.22. The number of carboxylic acid groups (broad SMARTS) is 1. The molecule has 0 saturated heterocycles. The minimum atomic E-state index is -1.00. The van der Waals surface area contributed by atoms with E-state index in [9.17, 15) is 4.79 Å². The lowest BCUT2D eigenvalue weighted by molar-refractivity contribution is -0.136. The molecule has 4 nitrogen and oxygen atoms in total. The lowest BCUT2D eigenvalue weighted by Crippen LogP contribution is -2.30. The number of hydrogen-bond acceptors (Lipinski definition) is 3. The molecule has 94 valence electrons. The van der Waals surface area contributed by atoms with Crippen LogP contribution in [0, 0.1) is 0 Å². The molecule has 0 aliphatic rings. The van der Waals surface area contributed by atoms with E-state index in [2.05, 4.69) is 0 Å². The fourth-order valence-corrected chi connectivity index (χ4v) is 1.78. The fraction of sp³-hybridized carbons (Fsp3) is 0.417. The fourth-order valence-electron chi connectivity index (χ4n) is 1.54. The van der Waals surface area contributed by atoms with Crippen molar-refractivity contribution in [2.75, 3.05) is 20.7 Å². The number of rotatable bonds is 6. The number of halogens is 1. The lowest BCUT2D eigenvalue weighted by atomic mass is 10.2. The summed E-state index contributed by atoms with van der Waals surface area (Å²) in [5, 5.41) is 7.82. The average Bonchev–Trinajstić information content (AvgIpc) is 2.29. The zero-order chi connectivity index (χ0) is 12.8. The first-order chi connectivity index (χ1) is 8.04. The predicted octanol–water partition coefficient (Wildman–Crippen LogP) is 1.82. The second-order valence-electron chi connectivity index (χ2n) is 3.81. The van der Waals surface area contributed by atoms with Gasteiger partial charge in [0.15, 0.2) is 0 Å². The molecule has 0 bridgehead atoms. The molecule has 1 rings (SSSR count). The molecule has 0 fully saturated rings. The number of aliphatic carboxylic acids is 1. The van der Waals surface area contributed by atoms with Crippen molar-refractivity contribution >= 4 is 17.6 Å². The molecule has 0 aliphatic heterocycles. The van der Waals surface area contributed by atoms with Crippen LogP contribution < -0.4 is 4.74 Å². The van der Waals surface area contributed by atoms with Gasteiger partial charge in [0.2, 0.25) is 0 Å². The van der Waals surface area contributed by atoms with Gasteiger partial charge in [-0.25, -0.2) is 0 Å². The Morgan fingerprint density at radius 3 is 2.76 bits per heavy atom. The van der Waals surface area contributed by atoms with Gasteiger partial charge in [-0.3, -0.25) is 9.69 Å². The normalized spacial score (nSPS) is 12.5. The molecule has 1 N–H and O–H groups in total. The van der Waals surface area contributed by atoms with Crippen LogP contribution in [0.2, 0.25) is 0 Å². The molecular formula is C12H16ClNO3. The van der Waals surface area contributed by atoms with Gasteiger partial charge in [0, 0.05) is 18.7 Å². The maximum Gasteiger partial charge on any atom is 0.322 e. The highest BCUT2D eigenvalue weighted by Crippen LogP contribution is 2.18. The van der Waals surface area contributed by atoms with Crippen LogP contribution in [0.1, 0.15) is 5.56 Å². The number of benzene rings is 1. The quantitative estimate of drug-likeness (QED) is 0.790. The summed E-state index contributed by atoms with van der Waals surface area (Å²) in [6.45, 7) is 0.884. The summed E-state index contributed by atoms with van der Waals surface area (Å²) in [6.07, 6.45) is 0. The van der Waals surface area contributed by atoms with Gasteiger partial charge in [-0.15, -0.1) is 11.6 Å². The van der Waals surface area contributed by atoms with E-state index in [1.807, 2.05) is 36.2 Å². The summed E-state index contributed by atoms with van der Waals surface area (Å²) in [4.78, 5) is 12.5. The van der Waals surface area contributed by atoms with E-state index in [4.69, 9.17) is 21.4 Å². The molecule has 5 heteroatoms. The summed E-state index contributed by atoms with van der Waals surface area (Å²) >= 11 is 5.68. The Morgan fingerprint density at radius 2 is 2.18 bits per heavy atom. The van der Waals surface area contributed by atoms with Gasteiger partial charge < -0.3 is 9.84 Å². The molecular weight excluding hydrogens is 242 g/mol. The van der Waals surface area contributed by atoms with Crippen molar-refractivity contribution in [1.29, 1.82) is 0 Å². The molecule has 1 aromatic carbocycles. The third-order valence-electron chi connectivity index (χ3n) is 2.37.